The SMILES string of the molecule is CCCNc1ncnc(NC(C)CC)c1Br. The van der Waals surface area contributed by atoms with Gasteiger partial charge in [0.25, 0.3) is 0 Å². The molecule has 0 aliphatic heterocycles. The van der Waals surface area contributed by atoms with Crippen LogP contribution in [0.25, 0.3) is 0 Å². The number of hydrogen-bond donors (Lipinski definition) is 2. The quantitative estimate of drug-likeness (QED) is 0.843. The predicted octanol–water partition coefficient (Wildman–Crippen LogP) is 3.27. The summed E-state index contributed by atoms with van der Waals surface area (Å²) in [5.74, 6) is 1.70. The van der Waals surface area contributed by atoms with E-state index in [1.165, 1.54) is 0 Å². The standard InChI is InChI=1S/C11H19BrN4/c1-4-6-13-10-9(12)11(15-7-14-10)16-8(3)5-2/h7-8H,4-6H2,1-3H3,(H2,13,14,15,16). The molecular formula is C11H19BrN4. The molecule has 0 radical (unpaired) electrons. The van der Waals surface area contributed by atoms with E-state index in [1.807, 2.05) is 0 Å². The van der Waals surface area contributed by atoms with Crippen molar-refractivity contribution in [1.29, 1.82) is 0 Å². The lowest BCUT2D eigenvalue weighted by Gasteiger charge is -2.15. The number of rotatable bonds is 6. The van der Waals surface area contributed by atoms with E-state index in [0.717, 1.165) is 35.5 Å². The fourth-order valence-corrected chi connectivity index (χ4v) is 1.63. The van der Waals surface area contributed by atoms with Gasteiger partial charge in [0.15, 0.2) is 0 Å². The minimum absolute atomic E-state index is 0.408. The van der Waals surface area contributed by atoms with E-state index in [1.54, 1.807) is 6.33 Å². The Morgan fingerprint density at radius 1 is 1.31 bits per heavy atom. The highest BCUT2D eigenvalue weighted by Crippen LogP contribution is 2.27. The molecule has 0 bridgehead atoms. The molecule has 90 valence electrons. The van der Waals surface area contributed by atoms with E-state index in [-0.39, 0.29) is 0 Å². The molecule has 0 amide bonds. The molecule has 0 spiro atoms. The molecule has 5 heteroatoms. The molecule has 0 aromatic carbocycles. The van der Waals surface area contributed by atoms with E-state index in [9.17, 15) is 0 Å². The van der Waals surface area contributed by atoms with Crippen molar-refractivity contribution in [2.24, 2.45) is 0 Å². The van der Waals surface area contributed by atoms with Crippen molar-refractivity contribution in [3.63, 3.8) is 0 Å². The van der Waals surface area contributed by atoms with Crippen LogP contribution < -0.4 is 10.6 Å². The van der Waals surface area contributed by atoms with E-state index >= 15 is 0 Å². The first-order valence-electron chi connectivity index (χ1n) is 5.69. The van der Waals surface area contributed by atoms with Gasteiger partial charge < -0.3 is 10.6 Å². The fraction of sp³-hybridized carbons (Fsp3) is 0.636. The summed E-state index contributed by atoms with van der Waals surface area (Å²) in [5.41, 5.74) is 0. The lowest BCUT2D eigenvalue weighted by atomic mass is 10.2. The molecule has 1 atom stereocenters. The van der Waals surface area contributed by atoms with Crippen molar-refractivity contribution in [2.75, 3.05) is 17.2 Å². The van der Waals surface area contributed by atoms with Gasteiger partial charge in [-0.25, -0.2) is 9.97 Å². The van der Waals surface area contributed by atoms with Gasteiger partial charge in [0, 0.05) is 12.6 Å². The van der Waals surface area contributed by atoms with E-state index in [2.05, 4.69) is 57.3 Å². The van der Waals surface area contributed by atoms with Crippen LogP contribution in [0.3, 0.4) is 0 Å². The summed E-state index contributed by atoms with van der Waals surface area (Å²) in [6.45, 7) is 7.31. The van der Waals surface area contributed by atoms with Gasteiger partial charge in [-0.2, -0.15) is 0 Å². The van der Waals surface area contributed by atoms with Gasteiger partial charge >= 0.3 is 0 Å². The lowest BCUT2D eigenvalue weighted by molar-refractivity contribution is 0.757. The monoisotopic (exact) mass is 286 g/mol. The second kappa shape index (κ2) is 6.68. The van der Waals surface area contributed by atoms with Crippen LogP contribution in [0.5, 0.6) is 0 Å². The third-order valence-corrected chi connectivity index (χ3v) is 3.08. The van der Waals surface area contributed by atoms with Crippen LogP contribution in [-0.2, 0) is 0 Å². The Morgan fingerprint density at radius 2 is 2.00 bits per heavy atom. The Balaban J connectivity index is 2.77. The molecule has 1 unspecified atom stereocenters. The molecule has 0 aliphatic carbocycles. The summed E-state index contributed by atoms with van der Waals surface area (Å²) in [6.07, 6.45) is 3.71. The minimum Gasteiger partial charge on any atom is -0.369 e. The van der Waals surface area contributed by atoms with Crippen LogP contribution in [0.15, 0.2) is 10.8 Å². The normalized spacial score (nSPS) is 12.2. The average molecular weight is 287 g/mol. The highest BCUT2D eigenvalue weighted by Gasteiger charge is 2.09. The summed E-state index contributed by atoms with van der Waals surface area (Å²) in [7, 11) is 0. The first kappa shape index (κ1) is 13.2. The van der Waals surface area contributed by atoms with Crippen molar-refractivity contribution in [3.05, 3.63) is 10.8 Å². The summed E-state index contributed by atoms with van der Waals surface area (Å²) in [6, 6.07) is 0.408. The van der Waals surface area contributed by atoms with E-state index in [0.29, 0.717) is 6.04 Å². The molecule has 1 rings (SSSR count). The second-order valence-corrected chi connectivity index (χ2v) is 4.56. The van der Waals surface area contributed by atoms with Gasteiger partial charge in [-0.15, -0.1) is 0 Å². The third-order valence-electron chi connectivity index (χ3n) is 2.33. The Labute approximate surface area is 105 Å². The van der Waals surface area contributed by atoms with Crippen LogP contribution in [0.2, 0.25) is 0 Å². The van der Waals surface area contributed by atoms with Crippen LogP contribution >= 0.6 is 15.9 Å². The number of halogens is 1. The smallest absolute Gasteiger partial charge is 0.146 e. The average Bonchev–Trinajstić information content (AvgIpc) is 2.30. The largest absolute Gasteiger partial charge is 0.369 e. The topological polar surface area (TPSA) is 49.8 Å². The van der Waals surface area contributed by atoms with Crippen molar-refractivity contribution in [1.82, 2.24) is 9.97 Å². The summed E-state index contributed by atoms with van der Waals surface area (Å²) >= 11 is 3.52. The minimum atomic E-state index is 0.408. The number of anilines is 2. The second-order valence-electron chi connectivity index (χ2n) is 3.77. The maximum absolute atomic E-state index is 4.23. The fourth-order valence-electron chi connectivity index (χ4n) is 1.17. The van der Waals surface area contributed by atoms with Crippen molar-refractivity contribution in [2.45, 2.75) is 39.7 Å². The molecule has 2 N–H and O–H groups in total. The molecule has 1 aromatic heterocycles. The Bertz CT molecular complexity index is 330. The van der Waals surface area contributed by atoms with Crippen LogP contribution in [0.1, 0.15) is 33.6 Å². The Kier molecular flexibility index (Phi) is 5.52. The molecule has 1 aromatic rings. The molecule has 4 nitrogen and oxygen atoms in total. The van der Waals surface area contributed by atoms with Crippen LogP contribution in [-0.4, -0.2) is 22.6 Å². The van der Waals surface area contributed by atoms with Gasteiger partial charge in [-0.1, -0.05) is 13.8 Å². The first-order valence-corrected chi connectivity index (χ1v) is 6.49. The molecule has 0 fully saturated rings. The number of aromatic nitrogens is 2. The van der Waals surface area contributed by atoms with Crippen LogP contribution in [0.4, 0.5) is 11.6 Å². The molecular weight excluding hydrogens is 268 g/mol. The van der Waals surface area contributed by atoms with Crippen molar-refractivity contribution in [3.8, 4) is 0 Å². The number of hydrogen-bond acceptors (Lipinski definition) is 4. The van der Waals surface area contributed by atoms with Crippen LogP contribution in [0, 0.1) is 0 Å². The predicted molar refractivity (Wildman–Crippen MR) is 71.9 cm³/mol. The Morgan fingerprint density at radius 3 is 2.62 bits per heavy atom. The molecule has 1 heterocycles. The zero-order valence-electron chi connectivity index (χ0n) is 10.0. The van der Waals surface area contributed by atoms with Gasteiger partial charge in [0.05, 0.1) is 0 Å². The number of nitrogens with one attached hydrogen (secondary N) is 2. The van der Waals surface area contributed by atoms with Crippen molar-refractivity contribution < 1.29 is 0 Å². The highest BCUT2D eigenvalue weighted by molar-refractivity contribution is 9.10. The Hall–Kier alpha value is -0.840. The summed E-state index contributed by atoms with van der Waals surface area (Å²) in [4.78, 5) is 8.43. The molecule has 0 aliphatic rings. The molecule has 0 saturated heterocycles. The molecule has 16 heavy (non-hydrogen) atoms. The van der Waals surface area contributed by atoms with Gasteiger partial charge in [-0.05, 0) is 35.7 Å². The van der Waals surface area contributed by atoms with E-state index in [4.69, 9.17) is 0 Å². The highest BCUT2D eigenvalue weighted by atomic mass is 79.9. The van der Waals surface area contributed by atoms with E-state index < -0.39 is 0 Å². The maximum atomic E-state index is 4.23. The zero-order valence-corrected chi connectivity index (χ0v) is 11.6. The first-order chi connectivity index (χ1) is 7.69. The molecule has 0 saturated carbocycles. The maximum Gasteiger partial charge on any atom is 0.146 e. The van der Waals surface area contributed by atoms with Gasteiger partial charge in [0.2, 0.25) is 0 Å². The summed E-state index contributed by atoms with van der Waals surface area (Å²) < 4.78 is 0.906. The van der Waals surface area contributed by atoms with Gasteiger partial charge in [0.1, 0.15) is 22.4 Å². The zero-order chi connectivity index (χ0) is 12.0. The lowest BCUT2D eigenvalue weighted by Crippen LogP contribution is -2.16. The van der Waals surface area contributed by atoms with Gasteiger partial charge in [-0.3, -0.25) is 0 Å². The number of nitrogens with zero attached hydrogens (tertiary/aromatic N) is 2. The van der Waals surface area contributed by atoms with Crippen molar-refractivity contribution >= 4 is 27.6 Å². The summed E-state index contributed by atoms with van der Waals surface area (Å²) in [5, 5.41) is 6.59. The third kappa shape index (κ3) is 3.63.